The van der Waals surface area contributed by atoms with Crippen LogP contribution in [0.15, 0.2) is 12.2 Å². The molecule has 0 rings (SSSR count). The van der Waals surface area contributed by atoms with Crippen molar-refractivity contribution in [3.05, 3.63) is 12.2 Å². The number of halogens is 1. The number of unbranched alkanes of at least 4 members (excludes halogenated alkanes) is 9. The molecule has 0 amide bonds. The fourth-order valence-electron chi connectivity index (χ4n) is 2.35. The van der Waals surface area contributed by atoms with Gasteiger partial charge in [0.1, 0.15) is 0 Å². The zero-order chi connectivity index (χ0) is 15.8. The van der Waals surface area contributed by atoms with Crippen molar-refractivity contribution in [1.82, 2.24) is 0 Å². The third kappa shape index (κ3) is 17.4. The molecule has 0 saturated carbocycles. The predicted molar refractivity (Wildman–Crippen MR) is 92.1 cm³/mol. The summed E-state index contributed by atoms with van der Waals surface area (Å²) in [6, 6.07) is 0. The second-order valence-electron chi connectivity index (χ2n) is 5.85. The number of hydrogen-bond acceptors (Lipinski definition) is 1. The molecule has 0 aliphatic heterocycles. The van der Waals surface area contributed by atoms with Crippen molar-refractivity contribution < 1.29 is 9.90 Å². The highest BCUT2D eigenvalue weighted by Gasteiger charge is 1.99. The smallest absolute Gasteiger partial charge is 0.303 e. The Bertz CT molecular complexity index is 264. The fourth-order valence-corrected chi connectivity index (χ4v) is 2.61. The average Bonchev–Trinajstić information content (AvgIpc) is 2.45. The minimum atomic E-state index is -0.680. The maximum atomic E-state index is 10.3. The molecule has 0 aliphatic rings. The molecule has 0 aromatic rings. The van der Waals surface area contributed by atoms with Crippen molar-refractivity contribution >= 4 is 17.6 Å². The Balaban J connectivity index is 3.28. The van der Waals surface area contributed by atoms with Gasteiger partial charge in [0, 0.05) is 6.42 Å². The molecule has 21 heavy (non-hydrogen) atoms. The summed E-state index contributed by atoms with van der Waals surface area (Å²) in [7, 11) is 0. The normalized spacial score (nSPS) is 12.9. The van der Waals surface area contributed by atoms with E-state index in [0.29, 0.717) is 6.42 Å². The second kappa shape index (κ2) is 15.9. The van der Waals surface area contributed by atoms with E-state index in [1.54, 1.807) is 0 Å². The molecule has 0 aromatic carbocycles. The number of hydrogen-bond donors (Lipinski definition) is 1. The Morgan fingerprint density at radius 2 is 1.62 bits per heavy atom. The third-order valence-corrected chi connectivity index (χ3v) is 4.05. The first-order chi connectivity index (χ1) is 10.2. The summed E-state index contributed by atoms with van der Waals surface area (Å²) in [4.78, 5) is 10.3. The number of alkyl halides is 1. The first-order valence-corrected chi connectivity index (χ1v) is 9.13. The van der Waals surface area contributed by atoms with Crippen molar-refractivity contribution in [3.8, 4) is 0 Å². The second-order valence-corrected chi connectivity index (χ2v) is 6.41. The van der Waals surface area contributed by atoms with E-state index in [0.717, 1.165) is 32.1 Å². The van der Waals surface area contributed by atoms with Gasteiger partial charge in [0.05, 0.1) is 5.38 Å². The molecule has 124 valence electrons. The van der Waals surface area contributed by atoms with Crippen LogP contribution in [-0.4, -0.2) is 16.5 Å². The largest absolute Gasteiger partial charge is 0.481 e. The van der Waals surface area contributed by atoms with Crippen LogP contribution in [0.4, 0.5) is 0 Å². The van der Waals surface area contributed by atoms with E-state index in [1.807, 2.05) is 0 Å². The van der Waals surface area contributed by atoms with Crippen molar-refractivity contribution in [1.29, 1.82) is 0 Å². The Morgan fingerprint density at radius 3 is 2.33 bits per heavy atom. The molecular formula is C18H33ClO2. The minimum absolute atomic E-state index is 0.196. The molecule has 0 fully saturated rings. The van der Waals surface area contributed by atoms with Crippen LogP contribution in [0.5, 0.6) is 0 Å². The lowest BCUT2D eigenvalue weighted by molar-refractivity contribution is -0.137. The van der Waals surface area contributed by atoms with Crippen LogP contribution >= 0.6 is 11.6 Å². The fraction of sp³-hybridized carbons (Fsp3) is 0.833. The lowest BCUT2D eigenvalue weighted by atomic mass is 10.1. The van der Waals surface area contributed by atoms with Gasteiger partial charge in [-0.3, -0.25) is 4.79 Å². The molecule has 1 N–H and O–H groups in total. The number of allylic oxidation sites excluding steroid dienone is 2. The Labute approximate surface area is 136 Å². The zero-order valence-corrected chi connectivity index (χ0v) is 14.4. The number of carbonyl (C=O) groups is 1. The van der Waals surface area contributed by atoms with Crippen LogP contribution < -0.4 is 0 Å². The highest BCUT2D eigenvalue weighted by Crippen LogP contribution is 2.13. The van der Waals surface area contributed by atoms with Crippen LogP contribution in [0.3, 0.4) is 0 Å². The van der Waals surface area contributed by atoms with E-state index in [4.69, 9.17) is 16.7 Å². The van der Waals surface area contributed by atoms with Crippen LogP contribution in [0.1, 0.15) is 90.4 Å². The number of aliphatic carboxylic acids is 1. The molecular weight excluding hydrogens is 284 g/mol. The predicted octanol–water partition coefficient (Wildman–Crippen LogP) is 6.33. The zero-order valence-electron chi connectivity index (χ0n) is 13.7. The van der Waals surface area contributed by atoms with Gasteiger partial charge in [-0.2, -0.15) is 0 Å². The summed E-state index contributed by atoms with van der Waals surface area (Å²) in [6.45, 7) is 2.24. The van der Waals surface area contributed by atoms with Gasteiger partial charge < -0.3 is 5.11 Å². The number of carboxylic acid groups (broad SMARTS) is 1. The Hall–Kier alpha value is -0.500. The first-order valence-electron chi connectivity index (χ1n) is 8.69. The van der Waals surface area contributed by atoms with Gasteiger partial charge in [0.2, 0.25) is 0 Å². The van der Waals surface area contributed by atoms with E-state index in [1.165, 1.54) is 44.9 Å². The maximum Gasteiger partial charge on any atom is 0.303 e. The molecule has 0 saturated heterocycles. The molecule has 0 aliphatic carbocycles. The van der Waals surface area contributed by atoms with E-state index in [9.17, 15) is 4.79 Å². The quantitative estimate of drug-likeness (QED) is 0.218. The molecule has 2 nitrogen and oxygen atoms in total. The average molecular weight is 317 g/mol. The molecule has 0 aromatic heterocycles. The van der Waals surface area contributed by atoms with E-state index < -0.39 is 5.97 Å². The SMILES string of the molecule is CCCCCCCC(Cl)/C=C/CCCCCCCC(=O)O. The molecule has 0 spiro atoms. The topological polar surface area (TPSA) is 37.3 Å². The number of rotatable bonds is 15. The molecule has 0 heterocycles. The highest BCUT2D eigenvalue weighted by atomic mass is 35.5. The van der Waals surface area contributed by atoms with Gasteiger partial charge >= 0.3 is 5.97 Å². The Morgan fingerprint density at radius 1 is 1.00 bits per heavy atom. The van der Waals surface area contributed by atoms with E-state index in [-0.39, 0.29) is 5.38 Å². The molecule has 0 bridgehead atoms. The summed E-state index contributed by atoms with van der Waals surface area (Å²) in [5.74, 6) is -0.680. The van der Waals surface area contributed by atoms with Crippen LogP contribution in [0, 0.1) is 0 Å². The minimum Gasteiger partial charge on any atom is -0.481 e. The summed E-state index contributed by atoms with van der Waals surface area (Å²) >= 11 is 6.26. The van der Waals surface area contributed by atoms with Gasteiger partial charge in [-0.25, -0.2) is 0 Å². The molecule has 1 atom stereocenters. The van der Waals surface area contributed by atoms with Crippen LogP contribution in [0.2, 0.25) is 0 Å². The van der Waals surface area contributed by atoms with Gasteiger partial charge in [-0.1, -0.05) is 70.4 Å². The van der Waals surface area contributed by atoms with Gasteiger partial charge in [0.15, 0.2) is 0 Å². The summed E-state index contributed by atoms with van der Waals surface area (Å²) in [5, 5.41) is 8.72. The lowest BCUT2D eigenvalue weighted by Gasteiger charge is -2.04. The molecule has 3 heteroatoms. The van der Waals surface area contributed by atoms with Crippen molar-refractivity contribution in [3.63, 3.8) is 0 Å². The molecule has 0 radical (unpaired) electrons. The molecule has 1 unspecified atom stereocenters. The summed E-state index contributed by atoms with van der Waals surface area (Å²) in [6.07, 6.45) is 18.7. The van der Waals surface area contributed by atoms with Gasteiger partial charge in [0.25, 0.3) is 0 Å². The van der Waals surface area contributed by atoms with E-state index in [2.05, 4.69) is 19.1 Å². The first kappa shape index (κ1) is 20.5. The number of carboxylic acids is 1. The lowest BCUT2D eigenvalue weighted by Crippen LogP contribution is -1.93. The standard InChI is InChI=1S/C18H33ClO2/c1-2-3-4-8-11-14-17(19)15-12-9-6-5-7-10-13-16-18(20)21/h12,15,17H,2-11,13-14,16H2,1H3,(H,20,21)/b15-12+. The van der Waals surface area contributed by atoms with Crippen LogP contribution in [-0.2, 0) is 4.79 Å². The monoisotopic (exact) mass is 316 g/mol. The summed E-state index contributed by atoms with van der Waals surface area (Å²) < 4.78 is 0. The van der Waals surface area contributed by atoms with Gasteiger partial charge in [-0.15, -0.1) is 11.6 Å². The maximum absolute atomic E-state index is 10.3. The Kier molecular flexibility index (Phi) is 15.5. The van der Waals surface area contributed by atoms with Crippen molar-refractivity contribution in [2.45, 2.75) is 95.8 Å². The third-order valence-electron chi connectivity index (χ3n) is 3.69. The van der Waals surface area contributed by atoms with Gasteiger partial charge in [-0.05, 0) is 25.7 Å². The summed E-state index contributed by atoms with van der Waals surface area (Å²) in [5.41, 5.74) is 0. The van der Waals surface area contributed by atoms with Crippen LogP contribution in [0.25, 0.3) is 0 Å². The van der Waals surface area contributed by atoms with Crippen molar-refractivity contribution in [2.24, 2.45) is 0 Å². The van der Waals surface area contributed by atoms with Crippen molar-refractivity contribution in [2.75, 3.05) is 0 Å². The highest BCUT2D eigenvalue weighted by molar-refractivity contribution is 6.21. The van der Waals surface area contributed by atoms with E-state index >= 15 is 0 Å².